The number of nitrogens with one attached hydrogen (secondary N) is 2. The van der Waals surface area contributed by atoms with Gasteiger partial charge in [0.25, 0.3) is 5.91 Å². The van der Waals surface area contributed by atoms with E-state index in [2.05, 4.69) is 29.3 Å². The van der Waals surface area contributed by atoms with E-state index >= 15 is 0 Å². The van der Waals surface area contributed by atoms with Gasteiger partial charge in [0, 0.05) is 12.7 Å². The van der Waals surface area contributed by atoms with E-state index in [4.69, 9.17) is 0 Å². The largest absolute Gasteiger partial charge is 0.357 e. The molecule has 2 N–H and O–H groups in total. The molecular weight excluding hydrogens is 190 g/mol. The molecule has 0 unspecified atom stereocenters. The van der Waals surface area contributed by atoms with Crippen molar-refractivity contribution < 1.29 is 4.79 Å². The van der Waals surface area contributed by atoms with Crippen molar-refractivity contribution in [2.24, 2.45) is 0 Å². The topological polar surface area (TPSA) is 48.1 Å². The fraction of sp³-hybridized carbons (Fsp3) is 0.545. The normalized spacial score (nSPS) is 10.6. The van der Waals surface area contributed by atoms with Gasteiger partial charge < -0.3 is 15.2 Å². The van der Waals surface area contributed by atoms with Gasteiger partial charge in [0.2, 0.25) is 0 Å². The summed E-state index contributed by atoms with van der Waals surface area (Å²) in [5.74, 6) is -0.0233. The lowest BCUT2D eigenvalue weighted by atomic mass is 10.3. The number of carbonyl (C=O) groups is 1. The van der Waals surface area contributed by atoms with Crippen LogP contribution in [0.4, 0.5) is 0 Å². The fourth-order valence-corrected chi connectivity index (χ4v) is 1.32. The highest BCUT2D eigenvalue weighted by Gasteiger charge is 2.03. The Morgan fingerprint density at radius 3 is 2.87 bits per heavy atom. The molecule has 0 aliphatic carbocycles. The van der Waals surface area contributed by atoms with Gasteiger partial charge in [-0.3, -0.25) is 4.79 Å². The van der Waals surface area contributed by atoms with E-state index < -0.39 is 0 Å². The molecule has 4 nitrogen and oxygen atoms in total. The summed E-state index contributed by atoms with van der Waals surface area (Å²) in [5.41, 5.74) is 0.627. The van der Waals surface area contributed by atoms with Gasteiger partial charge in [-0.05, 0) is 45.6 Å². The van der Waals surface area contributed by atoms with Gasteiger partial charge in [-0.15, -0.1) is 0 Å². The number of carbonyl (C=O) groups excluding carboxylic acids is 1. The summed E-state index contributed by atoms with van der Waals surface area (Å²) in [6.07, 6.45) is 3.88. The first-order valence-corrected chi connectivity index (χ1v) is 5.26. The van der Waals surface area contributed by atoms with Crippen molar-refractivity contribution in [2.75, 3.05) is 27.2 Å². The number of H-pyrrole nitrogens is 1. The van der Waals surface area contributed by atoms with Gasteiger partial charge in [0.1, 0.15) is 5.69 Å². The van der Waals surface area contributed by atoms with Crippen LogP contribution < -0.4 is 5.32 Å². The number of nitrogens with zero attached hydrogens (tertiary/aromatic N) is 1. The van der Waals surface area contributed by atoms with Crippen LogP contribution in [0.2, 0.25) is 0 Å². The lowest BCUT2D eigenvalue weighted by Gasteiger charge is -2.09. The number of hydrogen-bond acceptors (Lipinski definition) is 2. The molecule has 1 amide bonds. The first kappa shape index (κ1) is 11.8. The highest BCUT2D eigenvalue weighted by atomic mass is 16.1. The molecule has 84 valence electrons. The Balaban J connectivity index is 2.08. The second-order valence-electron chi connectivity index (χ2n) is 3.85. The number of unbranched alkanes of at least 4 members (excludes halogenated alkanes) is 1. The molecule has 0 aromatic carbocycles. The maximum atomic E-state index is 11.5. The minimum Gasteiger partial charge on any atom is -0.357 e. The molecule has 0 bridgehead atoms. The smallest absolute Gasteiger partial charge is 0.267 e. The van der Waals surface area contributed by atoms with E-state index in [9.17, 15) is 4.79 Å². The molecule has 4 heteroatoms. The molecular formula is C11H19N3O. The monoisotopic (exact) mass is 209 g/mol. The Morgan fingerprint density at radius 1 is 1.47 bits per heavy atom. The lowest BCUT2D eigenvalue weighted by molar-refractivity contribution is 0.0948. The molecule has 0 saturated heterocycles. The van der Waals surface area contributed by atoms with E-state index in [0.29, 0.717) is 5.69 Å². The van der Waals surface area contributed by atoms with E-state index in [1.54, 1.807) is 12.3 Å². The SMILES string of the molecule is CN(C)CCCCNC(=O)c1ccc[nH]1. The second-order valence-corrected chi connectivity index (χ2v) is 3.85. The van der Waals surface area contributed by atoms with Crippen LogP contribution in [0.3, 0.4) is 0 Å². The summed E-state index contributed by atoms with van der Waals surface area (Å²) in [6, 6.07) is 3.59. The lowest BCUT2D eigenvalue weighted by Crippen LogP contribution is -2.25. The first-order valence-electron chi connectivity index (χ1n) is 5.26. The number of hydrogen-bond donors (Lipinski definition) is 2. The number of rotatable bonds is 6. The molecule has 1 aromatic rings. The minimum absolute atomic E-state index is 0.0233. The van der Waals surface area contributed by atoms with Crippen molar-refractivity contribution in [3.8, 4) is 0 Å². The van der Waals surface area contributed by atoms with Crippen LogP contribution in [0.5, 0.6) is 0 Å². The molecule has 1 heterocycles. The number of amides is 1. The molecule has 0 saturated carbocycles. The van der Waals surface area contributed by atoms with Gasteiger partial charge in [-0.1, -0.05) is 0 Å². The average Bonchev–Trinajstić information content (AvgIpc) is 2.69. The molecule has 1 aromatic heterocycles. The summed E-state index contributed by atoms with van der Waals surface area (Å²) in [7, 11) is 4.11. The van der Waals surface area contributed by atoms with E-state index in [1.165, 1.54) is 0 Å². The highest BCUT2D eigenvalue weighted by Crippen LogP contribution is 1.94. The van der Waals surface area contributed by atoms with Gasteiger partial charge in [-0.25, -0.2) is 0 Å². The average molecular weight is 209 g/mol. The van der Waals surface area contributed by atoms with Crippen LogP contribution in [0.15, 0.2) is 18.3 Å². The molecule has 0 atom stereocenters. The van der Waals surface area contributed by atoms with Crippen LogP contribution in [-0.4, -0.2) is 43.0 Å². The van der Waals surface area contributed by atoms with Crippen molar-refractivity contribution in [3.05, 3.63) is 24.0 Å². The zero-order valence-electron chi connectivity index (χ0n) is 9.42. The summed E-state index contributed by atoms with van der Waals surface area (Å²) < 4.78 is 0. The van der Waals surface area contributed by atoms with Crippen LogP contribution >= 0.6 is 0 Å². The molecule has 1 rings (SSSR count). The number of aromatic amines is 1. The van der Waals surface area contributed by atoms with E-state index in [0.717, 1.165) is 25.9 Å². The number of aromatic nitrogens is 1. The standard InChI is InChI=1S/C11H19N3O/c1-14(2)9-4-3-7-13-11(15)10-6-5-8-12-10/h5-6,8,12H,3-4,7,9H2,1-2H3,(H,13,15). The molecule has 15 heavy (non-hydrogen) atoms. The predicted octanol–water partition coefficient (Wildman–Crippen LogP) is 1.09. The summed E-state index contributed by atoms with van der Waals surface area (Å²) in [4.78, 5) is 16.5. The highest BCUT2D eigenvalue weighted by molar-refractivity contribution is 5.92. The van der Waals surface area contributed by atoms with Crippen molar-refractivity contribution >= 4 is 5.91 Å². The molecule has 0 spiro atoms. The molecule has 0 fully saturated rings. The minimum atomic E-state index is -0.0233. The van der Waals surface area contributed by atoms with Crippen molar-refractivity contribution in [1.29, 1.82) is 0 Å². The van der Waals surface area contributed by atoms with E-state index in [-0.39, 0.29) is 5.91 Å². The first-order chi connectivity index (χ1) is 7.20. The predicted molar refractivity (Wildman–Crippen MR) is 60.9 cm³/mol. The fourth-order valence-electron chi connectivity index (χ4n) is 1.32. The Labute approximate surface area is 90.7 Å². The summed E-state index contributed by atoms with van der Waals surface area (Å²) in [5, 5.41) is 2.87. The maximum Gasteiger partial charge on any atom is 0.267 e. The Bertz CT molecular complexity index is 280. The van der Waals surface area contributed by atoms with Crippen molar-refractivity contribution in [2.45, 2.75) is 12.8 Å². The van der Waals surface area contributed by atoms with Gasteiger partial charge in [0.05, 0.1) is 0 Å². The Morgan fingerprint density at radius 2 is 2.27 bits per heavy atom. The zero-order chi connectivity index (χ0) is 11.1. The van der Waals surface area contributed by atoms with Crippen molar-refractivity contribution in [3.63, 3.8) is 0 Å². The summed E-state index contributed by atoms with van der Waals surface area (Å²) >= 11 is 0. The molecule has 0 radical (unpaired) electrons. The third-order valence-electron chi connectivity index (χ3n) is 2.16. The van der Waals surface area contributed by atoms with Crippen LogP contribution in [0.25, 0.3) is 0 Å². The third kappa shape index (κ3) is 4.65. The maximum absolute atomic E-state index is 11.5. The van der Waals surface area contributed by atoms with Crippen LogP contribution in [0, 0.1) is 0 Å². The van der Waals surface area contributed by atoms with Crippen LogP contribution in [-0.2, 0) is 0 Å². The molecule has 0 aliphatic rings. The third-order valence-corrected chi connectivity index (χ3v) is 2.16. The summed E-state index contributed by atoms with van der Waals surface area (Å²) in [6.45, 7) is 1.81. The quantitative estimate of drug-likeness (QED) is 0.689. The van der Waals surface area contributed by atoms with Crippen LogP contribution in [0.1, 0.15) is 23.3 Å². The molecule has 0 aliphatic heterocycles. The Kier molecular flexibility index (Phi) is 4.90. The second kappa shape index (κ2) is 6.24. The van der Waals surface area contributed by atoms with Gasteiger partial charge in [0.15, 0.2) is 0 Å². The van der Waals surface area contributed by atoms with Crippen molar-refractivity contribution in [1.82, 2.24) is 15.2 Å². The zero-order valence-corrected chi connectivity index (χ0v) is 9.42. The van der Waals surface area contributed by atoms with Gasteiger partial charge in [-0.2, -0.15) is 0 Å². The van der Waals surface area contributed by atoms with Gasteiger partial charge >= 0.3 is 0 Å². The van der Waals surface area contributed by atoms with E-state index in [1.807, 2.05) is 6.07 Å². The Hall–Kier alpha value is -1.29.